The Balaban J connectivity index is 1.59. The Morgan fingerprint density at radius 1 is 1.11 bits per heavy atom. The van der Waals surface area contributed by atoms with E-state index in [4.69, 9.17) is 18.9 Å². The zero-order valence-electron chi connectivity index (χ0n) is 16.9. The van der Waals surface area contributed by atoms with Gasteiger partial charge in [0.1, 0.15) is 17.3 Å². The molecule has 3 heterocycles. The highest BCUT2D eigenvalue weighted by molar-refractivity contribution is 5.65. The summed E-state index contributed by atoms with van der Waals surface area (Å²) in [6, 6.07) is 7.79. The van der Waals surface area contributed by atoms with E-state index in [0.29, 0.717) is 11.6 Å². The minimum atomic E-state index is 0.555. The van der Waals surface area contributed by atoms with E-state index in [-0.39, 0.29) is 0 Å². The molecule has 0 saturated carbocycles. The van der Waals surface area contributed by atoms with E-state index in [1.54, 1.807) is 14.2 Å². The minimum Gasteiger partial charge on any atom is -0.497 e. The third kappa shape index (κ3) is 3.62. The van der Waals surface area contributed by atoms with Gasteiger partial charge in [0.15, 0.2) is 0 Å². The maximum absolute atomic E-state index is 6.00. The van der Waals surface area contributed by atoms with Crippen LogP contribution in [0.3, 0.4) is 0 Å². The van der Waals surface area contributed by atoms with Crippen molar-refractivity contribution in [2.75, 3.05) is 20.8 Å². The van der Waals surface area contributed by atoms with Gasteiger partial charge in [-0.05, 0) is 44.5 Å². The lowest BCUT2D eigenvalue weighted by molar-refractivity contribution is 0.257. The third-order valence-electron chi connectivity index (χ3n) is 5.12. The van der Waals surface area contributed by atoms with Gasteiger partial charge in [0, 0.05) is 26.2 Å². The van der Waals surface area contributed by atoms with E-state index in [0.717, 1.165) is 61.1 Å². The summed E-state index contributed by atoms with van der Waals surface area (Å²) in [5.74, 6) is 2.83. The van der Waals surface area contributed by atoms with Crippen molar-refractivity contribution in [3.8, 4) is 23.0 Å². The van der Waals surface area contributed by atoms with Gasteiger partial charge in [0.2, 0.25) is 5.89 Å². The van der Waals surface area contributed by atoms with Crippen LogP contribution in [0.5, 0.6) is 11.5 Å². The second kappa shape index (κ2) is 7.67. The van der Waals surface area contributed by atoms with Crippen molar-refractivity contribution < 1.29 is 13.9 Å². The molecule has 4 rings (SSSR count). The van der Waals surface area contributed by atoms with Crippen LogP contribution in [-0.4, -0.2) is 40.4 Å². The normalized spacial score (nSPS) is 14.6. The number of aromatic nitrogens is 3. The molecule has 0 radical (unpaired) electrons. The monoisotopic (exact) mass is 382 g/mol. The number of aryl methyl sites for hydroxylation is 3. The highest BCUT2D eigenvalue weighted by Gasteiger charge is 2.21. The smallest absolute Gasteiger partial charge is 0.230 e. The fraction of sp³-hybridized carbons (Fsp3) is 0.429. The van der Waals surface area contributed by atoms with E-state index in [2.05, 4.69) is 20.7 Å². The van der Waals surface area contributed by atoms with Gasteiger partial charge in [-0.2, -0.15) is 5.10 Å². The van der Waals surface area contributed by atoms with Crippen LogP contribution in [0.2, 0.25) is 0 Å². The van der Waals surface area contributed by atoms with Crippen LogP contribution < -0.4 is 9.47 Å². The maximum Gasteiger partial charge on any atom is 0.230 e. The molecule has 28 heavy (non-hydrogen) atoms. The van der Waals surface area contributed by atoms with Gasteiger partial charge in [0.05, 0.1) is 36.9 Å². The molecule has 0 aliphatic carbocycles. The zero-order chi connectivity index (χ0) is 19.7. The average molecular weight is 382 g/mol. The second-order valence-corrected chi connectivity index (χ2v) is 7.15. The van der Waals surface area contributed by atoms with Crippen LogP contribution in [0.25, 0.3) is 11.5 Å². The first-order valence-electron chi connectivity index (χ1n) is 9.51. The number of ether oxygens (including phenoxy) is 2. The summed E-state index contributed by atoms with van der Waals surface area (Å²) in [4.78, 5) is 7.18. The van der Waals surface area contributed by atoms with Gasteiger partial charge in [-0.1, -0.05) is 0 Å². The Morgan fingerprint density at radius 3 is 2.75 bits per heavy atom. The molecule has 1 aliphatic rings. The van der Waals surface area contributed by atoms with Crippen molar-refractivity contribution in [3.63, 3.8) is 0 Å². The van der Waals surface area contributed by atoms with Crippen molar-refractivity contribution >= 4 is 0 Å². The average Bonchev–Trinajstić information content (AvgIpc) is 3.17. The van der Waals surface area contributed by atoms with Crippen LogP contribution in [0.15, 0.2) is 28.7 Å². The molecule has 0 atom stereocenters. The number of fused-ring (bicyclic) bond motifs is 1. The fourth-order valence-electron chi connectivity index (χ4n) is 3.69. The predicted octanol–water partition coefficient (Wildman–Crippen LogP) is 3.58. The molecule has 0 fully saturated rings. The quantitative estimate of drug-likeness (QED) is 0.672. The van der Waals surface area contributed by atoms with Crippen molar-refractivity contribution in [1.82, 2.24) is 19.7 Å². The van der Waals surface area contributed by atoms with E-state index in [1.807, 2.05) is 32.0 Å². The second-order valence-electron chi connectivity index (χ2n) is 7.15. The number of rotatable bonds is 5. The topological polar surface area (TPSA) is 65.6 Å². The van der Waals surface area contributed by atoms with Gasteiger partial charge in [-0.3, -0.25) is 9.58 Å². The molecule has 0 bridgehead atoms. The van der Waals surface area contributed by atoms with E-state index < -0.39 is 0 Å². The number of hydrogen-bond donors (Lipinski definition) is 0. The summed E-state index contributed by atoms with van der Waals surface area (Å²) < 4.78 is 18.9. The van der Waals surface area contributed by atoms with Crippen molar-refractivity contribution in [1.29, 1.82) is 0 Å². The third-order valence-corrected chi connectivity index (χ3v) is 5.12. The van der Waals surface area contributed by atoms with Crippen LogP contribution in [0, 0.1) is 13.8 Å². The van der Waals surface area contributed by atoms with Crippen molar-refractivity contribution in [2.24, 2.45) is 0 Å². The molecule has 0 N–H and O–H groups in total. The molecule has 2 aromatic heterocycles. The van der Waals surface area contributed by atoms with E-state index in [9.17, 15) is 0 Å². The summed E-state index contributed by atoms with van der Waals surface area (Å²) in [5, 5.41) is 4.58. The van der Waals surface area contributed by atoms with E-state index >= 15 is 0 Å². The largest absolute Gasteiger partial charge is 0.497 e. The summed E-state index contributed by atoms with van der Waals surface area (Å²) in [6.45, 7) is 7.58. The molecule has 0 amide bonds. The molecule has 1 aliphatic heterocycles. The fourth-order valence-corrected chi connectivity index (χ4v) is 3.69. The SMILES string of the molecule is COc1ccc(OC)c(-c2nc(CN3CCCn4nc(C)cc4C3)c(C)o2)c1. The van der Waals surface area contributed by atoms with Gasteiger partial charge < -0.3 is 13.9 Å². The van der Waals surface area contributed by atoms with E-state index in [1.165, 1.54) is 5.69 Å². The molecule has 0 saturated heterocycles. The van der Waals surface area contributed by atoms with Crippen molar-refractivity contribution in [3.05, 3.63) is 47.1 Å². The number of benzene rings is 1. The number of hydrogen-bond acceptors (Lipinski definition) is 6. The zero-order valence-corrected chi connectivity index (χ0v) is 16.9. The Hall–Kier alpha value is -2.80. The highest BCUT2D eigenvalue weighted by Crippen LogP contribution is 2.34. The molecule has 1 aromatic carbocycles. The Morgan fingerprint density at radius 2 is 1.96 bits per heavy atom. The van der Waals surface area contributed by atoms with Gasteiger partial charge >= 0.3 is 0 Å². The molecule has 7 heteroatoms. The Kier molecular flexibility index (Phi) is 5.09. The van der Waals surface area contributed by atoms with Gasteiger partial charge in [-0.25, -0.2) is 4.98 Å². The molecular formula is C21H26N4O3. The Bertz CT molecular complexity index is 976. The van der Waals surface area contributed by atoms with Crippen LogP contribution in [-0.2, 0) is 19.6 Å². The molecule has 0 spiro atoms. The van der Waals surface area contributed by atoms with Crippen LogP contribution in [0.1, 0.15) is 29.3 Å². The molecule has 148 valence electrons. The van der Waals surface area contributed by atoms with Gasteiger partial charge in [-0.15, -0.1) is 0 Å². The van der Waals surface area contributed by atoms with Crippen LogP contribution in [0.4, 0.5) is 0 Å². The first kappa shape index (κ1) is 18.6. The summed E-state index contributed by atoms with van der Waals surface area (Å²) >= 11 is 0. The summed E-state index contributed by atoms with van der Waals surface area (Å²) in [7, 11) is 3.29. The number of methoxy groups -OCH3 is 2. The van der Waals surface area contributed by atoms with Crippen LogP contribution >= 0.6 is 0 Å². The lowest BCUT2D eigenvalue weighted by Crippen LogP contribution is -2.23. The first-order chi connectivity index (χ1) is 13.6. The highest BCUT2D eigenvalue weighted by atomic mass is 16.5. The summed E-state index contributed by atoms with van der Waals surface area (Å²) in [6.07, 6.45) is 1.07. The van der Waals surface area contributed by atoms with Gasteiger partial charge in [0.25, 0.3) is 0 Å². The number of nitrogens with zero attached hydrogens (tertiary/aromatic N) is 4. The molecule has 7 nitrogen and oxygen atoms in total. The first-order valence-corrected chi connectivity index (χ1v) is 9.51. The molecular weight excluding hydrogens is 356 g/mol. The van der Waals surface area contributed by atoms with Crippen molar-refractivity contribution in [2.45, 2.75) is 39.9 Å². The minimum absolute atomic E-state index is 0.555. The maximum atomic E-state index is 6.00. The Labute approximate surface area is 164 Å². The predicted molar refractivity (Wildman–Crippen MR) is 105 cm³/mol. The standard InChI is InChI=1S/C21H26N4O3/c1-14-10-16-12-24(8-5-9-25(16)23-14)13-19-15(2)28-21(22-19)18-11-17(26-3)6-7-20(18)27-4/h6-7,10-11H,5,8-9,12-13H2,1-4H3. The summed E-state index contributed by atoms with van der Waals surface area (Å²) in [5.41, 5.74) is 4.07. The number of oxazole rings is 1. The molecule has 0 unspecified atom stereocenters. The lowest BCUT2D eigenvalue weighted by Gasteiger charge is -2.18. The lowest BCUT2D eigenvalue weighted by atomic mass is 10.2. The molecule has 3 aromatic rings.